The Morgan fingerprint density at radius 2 is 2.29 bits per heavy atom. The molecule has 0 heterocycles. The summed E-state index contributed by atoms with van der Waals surface area (Å²) in [6, 6.07) is 4.59. The number of carbonyl (C=O) groups is 1. The zero-order chi connectivity index (χ0) is 12.7. The molecule has 5 heteroatoms. The van der Waals surface area contributed by atoms with E-state index in [0.29, 0.717) is 13.0 Å². The van der Waals surface area contributed by atoms with Crippen molar-refractivity contribution in [3.05, 3.63) is 34.1 Å². The van der Waals surface area contributed by atoms with Crippen molar-refractivity contribution in [3.63, 3.8) is 0 Å². The number of hydrogen-bond donors (Lipinski definition) is 1. The monoisotopic (exact) mass is 303 g/mol. The molecule has 0 saturated heterocycles. The van der Waals surface area contributed by atoms with Crippen molar-refractivity contribution in [2.45, 2.75) is 19.4 Å². The van der Waals surface area contributed by atoms with E-state index in [1.54, 1.807) is 6.07 Å². The van der Waals surface area contributed by atoms with Gasteiger partial charge in [0, 0.05) is 17.4 Å². The van der Waals surface area contributed by atoms with Gasteiger partial charge in [0.05, 0.1) is 7.11 Å². The van der Waals surface area contributed by atoms with Gasteiger partial charge in [-0.3, -0.25) is 4.79 Å². The minimum absolute atomic E-state index is 0.199. The lowest BCUT2D eigenvalue weighted by molar-refractivity contribution is -0.140. The highest BCUT2D eigenvalue weighted by molar-refractivity contribution is 9.10. The highest BCUT2D eigenvalue weighted by Gasteiger charge is 2.02. The van der Waals surface area contributed by atoms with E-state index in [1.807, 2.05) is 0 Å². The summed E-state index contributed by atoms with van der Waals surface area (Å²) in [7, 11) is 1.38. The molecular weight excluding hydrogens is 289 g/mol. The molecule has 94 valence electrons. The molecule has 1 aromatic rings. The summed E-state index contributed by atoms with van der Waals surface area (Å²) in [5.41, 5.74) is 0.990. The standard InChI is InChI=1S/C12H15BrFNO2/c1-17-12(16)3-2-6-15-8-9-4-5-10(14)7-11(9)13/h4-5,7,15H,2-3,6,8H2,1H3. The van der Waals surface area contributed by atoms with E-state index in [1.165, 1.54) is 19.2 Å². The zero-order valence-corrected chi connectivity index (χ0v) is 11.2. The van der Waals surface area contributed by atoms with Crippen LogP contribution in [0.3, 0.4) is 0 Å². The largest absolute Gasteiger partial charge is 0.469 e. The molecule has 0 radical (unpaired) electrons. The molecule has 1 aromatic carbocycles. The first-order chi connectivity index (χ1) is 8.13. The second-order valence-electron chi connectivity index (χ2n) is 3.59. The maximum Gasteiger partial charge on any atom is 0.305 e. The minimum atomic E-state index is -0.258. The van der Waals surface area contributed by atoms with E-state index < -0.39 is 0 Å². The average Bonchev–Trinajstić information content (AvgIpc) is 2.30. The van der Waals surface area contributed by atoms with Crippen LogP contribution in [0.4, 0.5) is 4.39 Å². The van der Waals surface area contributed by atoms with Crippen LogP contribution in [-0.4, -0.2) is 19.6 Å². The molecule has 1 N–H and O–H groups in total. The molecule has 0 bridgehead atoms. The molecule has 0 saturated carbocycles. The van der Waals surface area contributed by atoms with Gasteiger partial charge in [0.15, 0.2) is 0 Å². The molecule has 3 nitrogen and oxygen atoms in total. The minimum Gasteiger partial charge on any atom is -0.469 e. The van der Waals surface area contributed by atoms with E-state index in [4.69, 9.17) is 0 Å². The maximum atomic E-state index is 12.8. The summed E-state index contributed by atoms with van der Waals surface area (Å²) in [4.78, 5) is 10.8. The summed E-state index contributed by atoms with van der Waals surface area (Å²) < 4.78 is 18.1. The van der Waals surface area contributed by atoms with Crippen LogP contribution in [0.25, 0.3) is 0 Å². The van der Waals surface area contributed by atoms with E-state index in [2.05, 4.69) is 26.0 Å². The molecular formula is C12H15BrFNO2. The van der Waals surface area contributed by atoms with Gasteiger partial charge in [-0.2, -0.15) is 0 Å². The van der Waals surface area contributed by atoms with Crippen molar-refractivity contribution in [1.82, 2.24) is 5.32 Å². The number of nitrogens with one attached hydrogen (secondary N) is 1. The van der Waals surface area contributed by atoms with Crippen LogP contribution in [-0.2, 0) is 16.1 Å². The molecule has 0 aliphatic rings. The number of benzene rings is 1. The molecule has 0 atom stereocenters. The fourth-order valence-corrected chi connectivity index (χ4v) is 1.84. The molecule has 0 unspecified atom stereocenters. The van der Waals surface area contributed by atoms with Crippen molar-refractivity contribution >= 4 is 21.9 Å². The first kappa shape index (κ1) is 14.1. The van der Waals surface area contributed by atoms with Crippen LogP contribution < -0.4 is 5.32 Å². The molecule has 0 aromatic heterocycles. The number of rotatable bonds is 6. The van der Waals surface area contributed by atoms with E-state index in [0.717, 1.165) is 23.0 Å². The van der Waals surface area contributed by atoms with Crippen molar-refractivity contribution < 1.29 is 13.9 Å². The summed E-state index contributed by atoms with van der Waals surface area (Å²) in [5, 5.41) is 3.18. The van der Waals surface area contributed by atoms with Crippen LogP contribution in [0.5, 0.6) is 0 Å². The first-order valence-electron chi connectivity index (χ1n) is 5.35. The lowest BCUT2D eigenvalue weighted by Gasteiger charge is -2.06. The summed E-state index contributed by atoms with van der Waals surface area (Å²) in [5.74, 6) is -0.457. The van der Waals surface area contributed by atoms with Crippen molar-refractivity contribution in [1.29, 1.82) is 0 Å². The Morgan fingerprint density at radius 1 is 1.53 bits per heavy atom. The Labute approximate surface area is 108 Å². The predicted molar refractivity (Wildman–Crippen MR) is 67.1 cm³/mol. The number of carbonyl (C=O) groups excluding carboxylic acids is 1. The lowest BCUT2D eigenvalue weighted by Crippen LogP contribution is -2.16. The third-order valence-corrected chi connectivity index (χ3v) is 3.03. The normalized spacial score (nSPS) is 10.3. The van der Waals surface area contributed by atoms with Gasteiger partial charge < -0.3 is 10.1 Å². The van der Waals surface area contributed by atoms with Crippen LogP contribution in [0.15, 0.2) is 22.7 Å². The second kappa shape index (κ2) is 7.40. The lowest BCUT2D eigenvalue weighted by atomic mass is 10.2. The predicted octanol–water partition coefficient (Wildman–Crippen LogP) is 2.63. The zero-order valence-electron chi connectivity index (χ0n) is 9.63. The van der Waals surface area contributed by atoms with Gasteiger partial charge in [-0.25, -0.2) is 4.39 Å². The quantitative estimate of drug-likeness (QED) is 0.648. The van der Waals surface area contributed by atoms with Gasteiger partial charge >= 0.3 is 5.97 Å². The Kier molecular flexibility index (Phi) is 6.15. The fourth-order valence-electron chi connectivity index (χ4n) is 1.35. The highest BCUT2D eigenvalue weighted by atomic mass is 79.9. The van der Waals surface area contributed by atoms with Gasteiger partial charge in [0.2, 0.25) is 0 Å². The molecule has 0 fully saturated rings. The summed E-state index contributed by atoms with van der Waals surface area (Å²) >= 11 is 3.30. The Hall–Kier alpha value is -0.940. The molecule has 17 heavy (non-hydrogen) atoms. The molecule has 0 amide bonds. The SMILES string of the molecule is COC(=O)CCCNCc1ccc(F)cc1Br. The number of methoxy groups -OCH3 is 1. The van der Waals surface area contributed by atoms with E-state index >= 15 is 0 Å². The first-order valence-corrected chi connectivity index (χ1v) is 6.14. The third-order valence-electron chi connectivity index (χ3n) is 2.29. The van der Waals surface area contributed by atoms with Crippen molar-refractivity contribution in [2.24, 2.45) is 0 Å². The topological polar surface area (TPSA) is 38.3 Å². The Morgan fingerprint density at radius 3 is 2.94 bits per heavy atom. The smallest absolute Gasteiger partial charge is 0.305 e. The van der Waals surface area contributed by atoms with Crippen LogP contribution in [0.1, 0.15) is 18.4 Å². The molecule has 1 rings (SSSR count). The van der Waals surface area contributed by atoms with Crippen molar-refractivity contribution in [3.8, 4) is 0 Å². The number of halogens is 2. The Bertz CT molecular complexity index is 385. The van der Waals surface area contributed by atoms with Gasteiger partial charge in [0.25, 0.3) is 0 Å². The van der Waals surface area contributed by atoms with Gasteiger partial charge in [-0.05, 0) is 30.7 Å². The Balaban J connectivity index is 2.24. The maximum absolute atomic E-state index is 12.8. The summed E-state index contributed by atoms with van der Waals surface area (Å²) in [6.07, 6.45) is 1.14. The summed E-state index contributed by atoms with van der Waals surface area (Å²) in [6.45, 7) is 1.36. The van der Waals surface area contributed by atoms with Gasteiger partial charge in [0.1, 0.15) is 5.82 Å². The van der Waals surface area contributed by atoms with E-state index in [9.17, 15) is 9.18 Å². The van der Waals surface area contributed by atoms with Gasteiger partial charge in [-0.1, -0.05) is 22.0 Å². The van der Waals surface area contributed by atoms with Crippen LogP contribution in [0, 0.1) is 5.82 Å². The molecule has 0 aliphatic heterocycles. The van der Waals surface area contributed by atoms with E-state index in [-0.39, 0.29) is 11.8 Å². The van der Waals surface area contributed by atoms with Gasteiger partial charge in [-0.15, -0.1) is 0 Å². The molecule has 0 spiro atoms. The second-order valence-corrected chi connectivity index (χ2v) is 4.45. The molecule has 0 aliphatic carbocycles. The van der Waals surface area contributed by atoms with Crippen molar-refractivity contribution in [2.75, 3.05) is 13.7 Å². The average molecular weight is 304 g/mol. The fraction of sp³-hybridized carbons (Fsp3) is 0.417. The third kappa shape index (κ3) is 5.28. The van der Waals surface area contributed by atoms with Crippen LogP contribution in [0.2, 0.25) is 0 Å². The number of ether oxygens (including phenoxy) is 1. The number of hydrogen-bond acceptors (Lipinski definition) is 3. The van der Waals surface area contributed by atoms with Crippen LogP contribution >= 0.6 is 15.9 Å². The number of esters is 1. The highest BCUT2D eigenvalue weighted by Crippen LogP contribution is 2.17.